The van der Waals surface area contributed by atoms with Crippen LogP contribution in [0.4, 0.5) is 0 Å². The molecular weight excluding hydrogens is 288 g/mol. The van der Waals surface area contributed by atoms with Crippen LogP contribution >= 0.6 is 0 Å². The van der Waals surface area contributed by atoms with Gasteiger partial charge in [-0.1, -0.05) is 34.1 Å². The fourth-order valence-corrected chi connectivity index (χ4v) is 2.82. The lowest BCUT2D eigenvalue weighted by Gasteiger charge is -2.41. The lowest BCUT2D eigenvalue weighted by Crippen LogP contribution is -2.46. The molecule has 0 atom stereocenters. The van der Waals surface area contributed by atoms with E-state index in [0.717, 1.165) is 24.8 Å². The van der Waals surface area contributed by atoms with Gasteiger partial charge < -0.3 is 15.1 Å². The first-order chi connectivity index (χ1) is 10.9. The minimum atomic E-state index is -0.0184. The van der Waals surface area contributed by atoms with Crippen LogP contribution in [0.2, 0.25) is 0 Å². The SMILES string of the molecule is CCNC(=NCc1ncc(C(C)(C)C)o1)NCC1(CC)CCC1. The van der Waals surface area contributed by atoms with E-state index in [2.05, 4.69) is 55.2 Å². The summed E-state index contributed by atoms with van der Waals surface area (Å²) in [7, 11) is 0. The highest BCUT2D eigenvalue weighted by molar-refractivity contribution is 5.79. The highest BCUT2D eigenvalue weighted by Gasteiger charge is 2.34. The summed E-state index contributed by atoms with van der Waals surface area (Å²) in [6.07, 6.45) is 7.05. The zero-order chi connectivity index (χ0) is 16.9. The zero-order valence-electron chi connectivity index (χ0n) is 15.3. The van der Waals surface area contributed by atoms with Crippen molar-refractivity contribution in [2.24, 2.45) is 10.4 Å². The van der Waals surface area contributed by atoms with Crippen molar-refractivity contribution >= 4 is 5.96 Å². The van der Waals surface area contributed by atoms with Crippen molar-refractivity contribution in [2.75, 3.05) is 13.1 Å². The van der Waals surface area contributed by atoms with E-state index >= 15 is 0 Å². The van der Waals surface area contributed by atoms with Crippen molar-refractivity contribution in [1.82, 2.24) is 15.6 Å². The summed E-state index contributed by atoms with van der Waals surface area (Å²) in [5.74, 6) is 2.42. The molecular formula is C18H32N4O. The van der Waals surface area contributed by atoms with Gasteiger partial charge in [0.25, 0.3) is 0 Å². The van der Waals surface area contributed by atoms with Gasteiger partial charge in [0, 0.05) is 18.5 Å². The van der Waals surface area contributed by atoms with Crippen LogP contribution in [-0.4, -0.2) is 24.0 Å². The van der Waals surface area contributed by atoms with E-state index in [1.165, 1.54) is 25.7 Å². The molecule has 1 saturated carbocycles. The maximum absolute atomic E-state index is 5.80. The molecule has 0 saturated heterocycles. The van der Waals surface area contributed by atoms with E-state index < -0.39 is 0 Å². The van der Waals surface area contributed by atoms with Crippen LogP contribution in [0.1, 0.15) is 72.0 Å². The molecule has 1 aromatic heterocycles. The molecule has 23 heavy (non-hydrogen) atoms. The molecule has 0 amide bonds. The van der Waals surface area contributed by atoms with Gasteiger partial charge in [-0.15, -0.1) is 0 Å². The molecule has 1 aromatic rings. The second kappa shape index (κ2) is 7.37. The van der Waals surface area contributed by atoms with Gasteiger partial charge in [-0.05, 0) is 31.6 Å². The van der Waals surface area contributed by atoms with Crippen LogP contribution in [0.15, 0.2) is 15.6 Å². The number of nitrogens with one attached hydrogen (secondary N) is 2. The number of hydrogen-bond acceptors (Lipinski definition) is 3. The van der Waals surface area contributed by atoms with Gasteiger partial charge in [0.15, 0.2) is 5.96 Å². The van der Waals surface area contributed by atoms with E-state index in [4.69, 9.17) is 4.42 Å². The maximum atomic E-state index is 5.80. The summed E-state index contributed by atoms with van der Waals surface area (Å²) < 4.78 is 5.80. The van der Waals surface area contributed by atoms with Gasteiger partial charge >= 0.3 is 0 Å². The molecule has 0 unspecified atom stereocenters. The van der Waals surface area contributed by atoms with Gasteiger partial charge in [-0.25, -0.2) is 9.98 Å². The fraction of sp³-hybridized carbons (Fsp3) is 0.778. The second-order valence-corrected chi connectivity index (χ2v) is 7.62. The first-order valence-electron chi connectivity index (χ1n) is 8.86. The summed E-state index contributed by atoms with van der Waals surface area (Å²) in [6.45, 7) is 13.0. The Morgan fingerprint density at radius 1 is 1.30 bits per heavy atom. The van der Waals surface area contributed by atoms with Crippen molar-refractivity contribution in [2.45, 2.75) is 72.3 Å². The number of aliphatic imine (C=N–C) groups is 1. The Bertz CT molecular complexity index is 518. The quantitative estimate of drug-likeness (QED) is 0.621. The average Bonchev–Trinajstić information content (AvgIpc) is 2.93. The van der Waals surface area contributed by atoms with Gasteiger partial charge in [0.1, 0.15) is 12.3 Å². The summed E-state index contributed by atoms with van der Waals surface area (Å²) in [5.41, 5.74) is 0.452. The van der Waals surface area contributed by atoms with E-state index in [9.17, 15) is 0 Å². The third-order valence-electron chi connectivity index (χ3n) is 4.80. The molecule has 2 rings (SSSR count). The minimum absolute atomic E-state index is 0.0184. The molecule has 130 valence electrons. The van der Waals surface area contributed by atoms with Crippen molar-refractivity contribution in [1.29, 1.82) is 0 Å². The summed E-state index contributed by atoms with van der Waals surface area (Å²) in [5, 5.41) is 6.80. The van der Waals surface area contributed by atoms with Gasteiger partial charge in [0.2, 0.25) is 5.89 Å². The number of nitrogens with zero attached hydrogens (tertiary/aromatic N) is 2. The normalized spacial score (nSPS) is 17.7. The van der Waals surface area contributed by atoms with Crippen LogP contribution in [-0.2, 0) is 12.0 Å². The third-order valence-corrected chi connectivity index (χ3v) is 4.80. The zero-order valence-corrected chi connectivity index (χ0v) is 15.3. The van der Waals surface area contributed by atoms with Crippen molar-refractivity contribution in [3.63, 3.8) is 0 Å². The van der Waals surface area contributed by atoms with Crippen LogP contribution in [0, 0.1) is 5.41 Å². The summed E-state index contributed by atoms with van der Waals surface area (Å²) in [4.78, 5) is 8.95. The van der Waals surface area contributed by atoms with Crippen molar-refractivity contribution in [3.05, 3.63) is 17.8 Å². The number of oxazole rings is 1. The predicted molar refractivity (Wildman–Crippen MR) is 94.6 cm³/mol. The van der Waals surface area contributed by atoms with Gasteiger partial charge in [0.05, 0.1) is 6.20 Å². The number of hydrogen-bond donors (Lipinski definition) is 2. The lowest BCUT2D eigenvalue weighted by molar-refractivity contribution is 0.131. The molecule has 1 heterocycles. The molecule has 2 N–H and O–H groups in total. The molecule has 1 aliphatic rings. The van der Waals surface area contributed by atoms with Crippen LogP contribution in [0.25, 0.3) is 0 Å². The Kier molecular flexibility index (Phi) is 5.71. The monoisotopic (exact) mass is 320 g/mol. The van der Waals surface area contributed by atoms with Crippen LogP contribution in [0.3, 0.4) is 0 Å². The predicted octanol–water partition coefficient (Wildman–Crippen LogP) is 3.61. The standard InChI is InChI=1S/C18H32N4O/c1-6-18(9-8-10-18)13-22-16(19-7-2)21-12-15-20-11-14(23-15)17(3,4)5/h11H,6-10,12-13H2,1-5H3,(H2,19,21,22). The Morgan fingerprint density at radius 3 is 2.52 bits per heavy atom. The maximum Gasteiger partial charge on any atom is 0.216 e. The Morgan fingerprint density at radius 2 is 2.04 bits per heavy atom. The fourth-order valence-electron chi connectivity index (χ4n) is 2.82. The topological polar surface area (TPSA) is 62.5 Å². The van der Waals surface area contributed by atoms with E-state index in [-0.39, 0.29) is 5.41 Å². The summed E-state index contributed by atoms with van der Waals surface area (Å²) in [6, 6.07) is 0. The molecule has 5 heteroatoms. The third kappa shape index (κ3) is 4.72. The van der Waals surface area contributed by atoms with Crippen molar-refractivity contribution in [3.8, 4) is 0 Å². The summed E-state index contributed by atoms with van der Waals surface area (Å²) >= 11 is 0. The Hall–Kier alpha value is -1.52. The van der Waals surface area contributed by atoms with Crippen LogP contribution < -0.4 is 10.6 Å². The Balaban J connectivity index is 1.94. The molecule has 0 radical (unpaired) electrons. The second-order valence-electron chi connectivity index (χ2n) is 7.62. The first-order valence-corrected chi connectivity index (χ1v) is 8.86. The van der Waals surface area contributed by atoms with E-state index in [0.29, 0.717) is 17.9 Å². The number of guanidine groups is 1. The van der Waals surface area contributed by atoms with E-state index in [1.807, 2.05) is 6.20 Å². The largest absolute Gasteiger partial charge is 0.443 e. The highest BCUT2D eigenvalue weighted by Crippen LogP contribution is 2.42. The molecule has 0 bridgehead atoms. The minimum Gasteiger partial charge on any atom is -0.443 e. The molecule has 1 aliphatic carbocycles. The molecule has 0 spiro atoms. The number of rotatable bonds is 6. The van der Waals surface area contributed by atoms with E-state index in [1.54, 1.807) is 0 Å². The highest BCUT2D eigenvalue weighted by atomic mass is 16.4. The van der Waals surface area contributed by atoms with Gasteiger partial charge in [-0.2, -0.15) is 0 Å². The van der Waals surface area contributed by atoms with Gasteiger partial charge in [-0.3, -0.25) is 0 Å². The Labute approximate surface area is 140 Å². The first kappa shape index (κ1) is 17.8. The molecule has 0 aliphatic heterocycles. The van der Waals surface area contributed by atoms with Crippen LogP contribution in [0.5, 0.6) is 0 Å². The number of aromatic nitrogens is 1. The molecule has 1 fully saturated rings. The van der Waals surface area contributed by atoms with Crippen molar-refractivity contribution < 1.29 is 4.42 Å². The lowest BCUT2D eigenvalue weighted by atomic mass is 9.67. The molecule has 5 nitrogen and oxygen atoms in total. The smallest absolute Gasteiger partial charge is 0.216 e. The average molecular weight is 320 g/mol. The molecule has 0 aromatic carbocycles.